The predicted molar refractivity (Wildman–Crippen MR) is 59.3 cm³/mol. The average molecular weight is 203 g/mol. The van der Waals surface area contributed by atoms with Crippen molar-refractivity contribution in [2.45, 2.75) is 38.0 Å². The zero-order chi connectivity index (χ0) is 9.68. The average Bonchev–Trinajstić information content (AvgIpc) is 2.13. The van der Waals surface area contributed by atoms with Gasteiger partial charge in [-0.25, -0.2) is 0 Å². The highest BCUT2D eigenvalue weighted by molar-refractivity contribution is 8.00. The molecule has 1 aliphatic rings. The van der Waals surface area contributed by atoms with Gasteiger partial charge in [0.05, 0.1) is 0 Å². The Morgan fingerprint density at radius 2 is 2.15 bits per heavy atom. The highest BCUT2D eigenvalue weighted by Gasteiger charge is 2.24. The maximum atomic E-state index is 8.69. The van der Waals surface area contributed by atoms with Crippen LogP contribution in [0.1, 0.15) is 26.7 Å². The Morgan fingerprint density at radius 1 is 1.38 bits per heavy atom. The van der Waals surface area contributed by atoms with Gasteiger partial charge in [0.25, 0.3) is 0 Å². The lowest BCUT2D eigenvalue weighted by molar-refractivity contribution is 0.199. The third-order valence-electron chi connectivity index (χ3n) is 2.87. The maximum absolute atomic E-state index is 8.69. The second-order valence-corrected chi connectivity index (χ2v) is 5.27. The predicted octanol–water partition coefficient (Wildman–Crippen LogP) is 1.58. The molecule has 0 bridgehead atoms. The molecule has 0 radical (unpaired) electrons. The van der Waals surface area contributed by atoms with Crippen LogP contribution in [-0.2, 0) is 0 Å². The van der Waals surface area contributed by atoms with E-state index >= 15 is 0 Å². The number of aliphatic hydroxyl groups excluding tert-OH is 1. The number of nitrogens with zero attached hydrogens (tertiary/aromatic N) is 1. The van der Waals surface area contributed by atoms with Crippen LogP contribution in [0.2, 0.25) is 0 Å². The van der Waals surface area contributed by atoms with Gasteiger partial charge in [0.15, 0.2) is 0 Å². The van der Waals surface area contributed by atoms with Crippen LogP contribution in [0.4, 0.5) is 0 Å². The van der Waals surface area contributed by atoms with Crippen LogP contribution in [0.15, 0.2) is 0 Å². The fourth-order valence-electron chi connectivity index (χ4n) is 1.74. The van der Waals surface area contributed by atoms with Crippen molar-refractivity contribution >= 4 is 11.8 Å². The molecule has 0 spiro atoms. The van der Waals surface area contributed by atoms with Crippen molar-refractivity contribution in [1.82, 2.24) is 4.90 Å². The SMILES string of the molecule is CC1SCCN(CCCCO)C1C. The topological polar surface area (TPSA) is 23.5 Å². The minimum Gasteiger partial charge on any atom is -0.396 e. The van der Waals surface area contributed by atoms with E-state index in [1.54, 1.807) is 0 Å². The molecule has 0 aromatic heterocycles. The van der Waals surface area contributed by atoms with E-state index in [0.29, 0.717) is 12.6 Å². The summed E-state index contributed by atoms with van der Waals surface area (Å²) in [4.78, 5) is 2.55. The van der Waals surface area contributed by atoms with Gasteiger partial charge >= 0.3 is 0 Å². The molecule has 1 N–H and O–H groups in total. The number of aliphatic hydroxyl groups is 1. The van der Waals surface area contributed by atoms with Gasteiger partial charge < -0.3 is 5.11 Å². The molecule has 3 heteroatoms. The fraction of sp³-hybridized carbons (Fsp3) is 1.00. The van der Waals surface area contributed by atoms with Crippen LogP contribution < -0.4 is 0 Å². The Hall–Kier alpha value is 0.270. The zero-order valence-corrected chi connectivity index (χ0v) is 9.52. The molecule has 0 amide bonds. The quantitative estimate of drug-likeness (QED) is 0.702. The van der Waals surface area contributed by atoms with E-state index in [-0.39, 0.29) is 0 Å². The molecule has 1 fully saturated rings. The summed E-state index contributed by atoms with van der Waals surface area (Å²) in [6.45, 7) is 7.35. The van der Waals surface area contributed by atoms with Crippen LogP contribution >= 0.6 is 11.8 Å². The summed E-state index contributed by atoms with van der Waals surface area (Å²) in [6.07, 6.45) is 2.09. The largest absolute Gasteiger partial charge is 0.396 e. The minimum atomic E-state index is 0.340. The Bertz CT molecular complexity index is 143. The van der Waals surface area contributed by atoms with Gasteiger partial charge in [0, 0.05) is 30.2 Å². The normalized spacial score (nSPS) is 30.7. The van der Waals surface area contributed by atoms with Crippen LogP contribution in [-0.4, -0.2) is 46.7 Å². The number of rotatable bonds is 4. The summed E-state index contributed by atoms with van der Waals surface area (Å²) in [5.74, 6) is 1.27. The molecule has 1 rings (SSSR count). The Labute approximate surface area is 85.7 Å². The van der Waals surface area contributed by atoms with E-state index in [2.05, 4.69) is 30.5 Å². The van der Waals surface area contributed by atoms with E-state index in [4.69, 9.17) is 5.11 Å². The van der Waals surface area contributed by atoms with Crippen LogP contribution in [0.25, 0.3) is 0 Å². The van der Waals surface area contributed by atoms with Crippen molar-refractivity contribution in [2.24, 2.45) is 0 Å². The number of thioether (sulfide) groups is 1. The Balaban J connectivity index is 2.23. The molecule has 78 valence electrons. The van der Waals surface area contributed by atoms with Gasteiger partial charge in [-0.2, -0.15) is 11.8 Å². The van der Waals surface area contributed by atoms with Crippen LogP contribution in [0.5, 0.6) is 0 Å². The molecule has 1 aliphatic heterocycles. The smallest absolute Gasteiger partial charge is 0.0431 e. The van der Waals surface area contributed by atoms with Crippen molar-refractivity contribution in [3.63, 3.8) is 0 Å². The monoisotopic (exact) mass is 203 g/mol. The van der Waals surface area contributed by atoms with Crippen LogP contribution in [0, 0.1) is 0 Å². The summed E-state index contributed by atoms with van der Waals surface area (Å²) < 4.78 is 0. The van der Waals surface area contributed by atoms with Gasteiger partial charge in [0.2, 0.25) is 0 Å². The molecular weight excluding hydrogens is 182 g/mol. The first-order valence-electron chi connectivity index (χ1n) is 5.22. The first-order chi connectivity index (χ1) is 6.25. The van der Waals surface area contributed by atoms with Gasteiger partial charge in [-0.15, -0.1) is 0 Å². The minimum absolute atomic E-state index is 0.340. The van der Waals surface area contributed by atoms with E-state index in [0.717, 1.165) is 24.6 Å². The molecule has 1 saturated heterocycles. The summed E-state index contributed by atoms with van der Waals surface area (Å²) in [6, 6.07) is 0.706. The van der Waals surface area contributed by atoms with Crippen molar-refractivity contribution in [3.8, 4) is 0 Å². The van der Waals surface area contributed by atoms with Crippen LogP contribution in [0.3, 0.4) is 0 Å². The van der Waals surface area contributed by atoms with Gasteiger partial charge in [0.1, 0.15) is 0 Å². The molecule has 2 nitrogen and oxygen atoms in total. The first-order valence-corrected chi connectivity index (χ1v) is 6.27. The fourth-order valence-corrected chi connectivity index (χ4v) is 2.90. The van der Waals surface area contributed by atoms with Crippen molar-refractivity contribution in [3.05, 3.63) is 0 Å². The zero-order valence-electron chi connectivity index (χ0n) is 8.70. The number of unbranched alkanes of at least 4 members (excludes halogenated alkanes) is 1. The van der Waals surface area contributed by atoms with Gasteiger partial charge in [-0.05, 0) is 26.3 Å². The summed E-state index contributed by atoms with van der Waals surface area (Å²) in [5, 5.41) is 9.46. The van der Waals surface area contributed by atoms with Crippen molar-refractivity contribution in [2.75, 3.05) is 25.4 Å². The number of hydrogen-bond acceptors (Lipinski definition) is 3. The first kappa shape index (κ1) is 11.3. The van der Waals surface area contributed by atoms with Crippen molar-refractivity contribution < 1.29 is 5.11 Å². The summed E-state index contributed by atoms with van der Waals surface area (Å²) in [5.41, 5.74) is 0. The van der Waals surface area contributed by atoms with E-state index in [9.17, 15) is 0 Å². The summed E-state index contributed by atoms with van der Waals surface area (Å²) >= 11 is 2.08. The molecule has 1 heterocycles. The maximum Gasteiger partial charge on any atom is 0.0431 e. The lowest BCUT2D eigenvalue weighted by Crippen LogP contribution is -2.44. The van der Waals surface area contributed by atoms with E-state index < -0.39 is 0 Å². The highest BCUT2D eigenvalue weighted by atomic mass is 32.2. The molecule has 2 unspecified atom stereocenters. The van der Waals surface area contributed by atoms with E-state index in [1.807, 2.05) is 0 Å². The lowest BCUT2D eigenvalue weighted by Gasteiger charge is -2.37. The molecular formula is C10H21NOS. The molecule has 0 aliphatic carbocycles. The lowest BCUT2D eigenvalue weighted by atomic mass is 10.2. The second kappa shape index (κ2) is 5.89. The molecule has 0 aromatic carbocycles. The van der Waals surface area contributed by atoms with Crippen molar-refractivity contribution in [1.29, 1.82) is 0 Å². The Morgan fingerprint density at radius 3 is 2.85 bits per heavy atom. The highest BCUT2D eigenvalue weighted by Crippen LogP contribution is 2.24. The number of hydrogen-bond donors (Lipinski definition) is 1. The Kier molecular flexibility index (Phi) is 5.14. The van der Waals surface area contributed by atoms with Gasteiger partial charge in [-0.1, -0.05) is 6.92 Å². The second-order valence-electron chi connectivity index (χ2n) is 3.78. The molecule has 0 aromatic rings. The third kappa shape index (κ3) is 3.49. The molecule has 13 heavy (non-hydrogen) atoms. The molecule has 2 atom stereocenters. The third-order valence-corrected chi connectivity index (χ3v) is 4.21. The van der Waals surface area contributed by atoms with Gasteiger partial charge in [-0.3, -0.25) is 4.90 Å². The summed E-state index contributed by atoms with van der Waals surface area (Å²) in [7, 11) is 0. The standard InChI is InChI=1S/C10H21NOS/c1-9-10(2)13-8-6-11(9)5-3-4-7-12/h9-10,12H,3-8H2,1-2H3. The van der Waals surface area contributed by atoms with E-state index in [1.165, 1.54) is 12.3 Å². The molecule has 0 saturated carbocycles.